The van der Waals surface area contributed by atoms with Crippen molar-refractivity contribution in [3.63, 3.8) is 0 Å². The molecule has 0 aromatic heterocycles. The van der Waals surface area contributed by atoms with Crippen molar-refractivity contribution < 1.29 is 0 Å². The van der Waals surface area contributed by atoms with Crippen LogP contribution < -0.4 is 0 Å². The van der Waals surface area contributed by atoms with E-state index in [2.05, 4.69) is 11.8 Å². The van der Waals surface area contributed by atoms with Gasteiger partial charge < -0.3 is 0 Å². The van der Waals surface area contributed by atoms with Gasteiger partial charge in [0.05, 0.1) is 0 Å². The standard InChI is InChI=1S/C8H14N/c1-2-9-7-4-3-5-8(9)6-7/h7-8H,1-6H2. The minimum absolute atomic E-state index is 0.932. The first-order chi connectivity index (χ1) is 4.42. The van der Waals surface area contributed by atoms with Crippen molar-refractivity contribution >= 4 is 0 Å². The second-order valence-electron chi connectivity index (χ2n) is 3.21. The zero-order chi connectivity index (χ0) is 6.27. The van der Waals surface area contributed by atoms with Crippen LogP contribution >= 0.6 is 0 Å². The molecule has 1 saturated carbocycles. The third-order valence-electron chi connectivity index (χ3n) is 2.82. The minimum atomic E-state index is 0.932. The predicted octanol–water partition coefficient (Wildman–Crippen LogP) is 1.45. The Kier molecular flexibility index (Phi) is 1.26. The lowest BCUT2D eigenvalue weighted by Crippen LogP contribution is -2.58. The van der Waals surface area contributed by atoms with E-state index in [1.165, 1.54) is 25.7 Å². The van der Waals surface area contributed by atoms with Crippen LogP contribution in [0.25, 0.3) is 0 Å². The first kappa shape index (κ1) is 5.72. The minimum Gasteiger partial charge on any atom is -0.297 e. The Morgan fingerprint density at radius 3 is 2.33 bits per heavy atom. The van der Waals surface area contributed by atoms with Crippen molar-refractivity contribution in [1.82, 2.24) is 4.90 Å². The third-order valence-corrected chi connectivity index (χ3v) is 2.82. The molecule has 3 fully saturated rings. The van der Waals surface area contributed by atoms with Gasteiger partial charge in [0, 0.05) is 12.1 Å². The molecule has 2 heterocycles. The van der Waals surface area contributed by atoms with E-state index in [4.69, 9.17) is 0 Å². The molecule has 2 saturated heterocycles. The lowest BCUT2D eigenvalue weighted by atomic mass is 9.80. The Balaban J connectivity index is 1.97. The molecule has 2 atom stereocenters. The fourth-order valence-corrected chi connectivity index (χ4v) is 2.27. The van der Waals surface area contributed by atoms with E-state index in [-0.39, 0.29) is 0 Å². The molecule has 0 aromatic rings. The van der Waals surface area contributed by atoms with E-state index in [1.54, 1.807) is 0 Å². The number of hydrogen-bond donors (Lipinski definition) is 0. The number of piperidine rings is 1. The number of rotatable bonds is 1. The lowest BCUT2D eigenvalue weighted by Gasteiger charge is -2.52. The summed E-state index contributed by atoms with van der Waals surface area (Å²) in [5.41, 5.74) is 0. The van der Waals surface area contributed by atoms with Gasteiger partial charge in [0.25, 0.3) is 0 Å². The van der Waals surface area contributed by atoms with Gasteiger partial charge in [-0.2, -0.15) is 0 Å². The van der Waals surface area contributed by atoms with Crippen molar-refractivity contribution in [2.24, 2.45) is 0 Å². The second kappa shape index (κ2) is 1.98. The van der Waals surface area contributed by atoms with Gasteiger partial charge in [-0.15, -0.1) is 0 Å². The smallest absolute Gasteiger partial charge is 0.0113 e. The zero-order valence-corrected chi connectivity index (χ0v) is 5.84. The molecule has 0 amide bonds. The Bertz CT molecular complexity index is 97.1. The molecule has 2 bridgehead atoms. The highest BCUT2D eigenvalue weighted by molar-refractivity contribution is 4.96. The van der Waals surface area contributed by atoms with E-state index in [0.29, 0.717) is 0 Å². The van der Waals surface area contributed by atoms with Gasteiger partial charge in [-0.05, 0) is 32.7 Å². The van der Waals surface area contributed by atoms with Crippen molar-refractivity contribution in [3.05, 3.63) is 6.92 Å². The Labute approximate surface area is 57.0 Å². The van der Waals surface area contributed by atoms with Crippen LogP contribution in [0.4, 0.5) is 0 Å². The summed E-state index contributed by atoms with van der Waals surface area (Å²) >= 11 is 0. The van der Waals surface area contributed by atoms with Crippen molar-refractivity contribution in [1.29, 1.82) is 0 Å². The molecule has 51 valence electrons. The topological polar surface area (TPSA) is 3.24 Å². The molecule has 1 nitrogen and oxygen atoms in total. The summed E-state index contributed by atoms with van der Waals surface area (Å²) in [6.45, 7) is 4.95. The molecule has 9 heavy (non-hydrogen) atoms. The largest absolute Gasteiger partial charge is 0.297 e. The average Bonchev–Trinajstić information content (AvgIpc) is 1.90. The summed E-state index contributed by atoms with van der Waals surface area (Å²) < 4.78 is 0. The predicted molar refractivity (Wildman–Crippen MR) is 38.1 cm³/mol. The normalized spacial score (nSPS) is 42.3. The SMILES string of the molecule is [CH2]CN1C2CCCC1C2. The van der Waals surface area contributed by atoms with E-state index in [9.17, 15) is 0 Å². The van der Waals surface area contributed by atoms with Crippen LogP contribution in [-0.2, 0) is 0 Å². The number of fused-ring (bicyclic) bond motifs is 2. The van der Waals surface area contributed by atoms with Crippen LogP contribution in [-0.4, -0.2) is 23.5 Å². The molecule has 0 aromatic carbocycles. The Morgan fingerprint density at radius 1 is 1.33 bits per heavy atom. The monoisotopic (exact) mass is 124 g/mol. The summed E-state index contributed by atoms with van der Waals surface area (Å²) in [5, 5.41) is 0. The highest BCUT2D eigenvalue weighted by Gasteiger charge is 2.39. The van der Waals surface area contributed by atoms with Gasteiger partial charge in [-0.1, -0.05) is 6.42 Å². The Hall–Kier alpha value is -0.0400. The van der Waals surface area contributed by atoms with Gasteiger partial charge in [0.1, 0.15) is 0 Å². The van der Waals surface area contributed by atoms with Crippen molar-refractivity contribution in [3.8, 4) is 0 Å². The van der Waals surface area contributed by atoms with Crippen LogP contribution in [0, 0.1) is 6.92 Å². The van der Waals surface area contributed by atoms with E-state index < -0.39 is 0 Å². The maximum Gasteiger partial charge on any atom is 0.0113 e. The Morgan fingerprint density at radius 2 is 2.00 bits per heavy atom. The van der Waals surface area contributed by atoms with Gasteiger partial charge in [0.2, 0.25) is 0 Å². The molecule has 3 aliphatic rings. The summed E-state index contributed by atoms with van der Waals surface area (Å²) in [5.74, 6) is 0. The molecular formula is C8H14N. The summed E-state index contributed by atoms with van der Waals surface area (Å²) in [6.07, 6.45) is 5.80. The fraction of sp³-hybridized carbons (Fsp3) is 0.875. The molecule has 1 heteroatoms. The molecule has 1 radical (unpaired) electrons. The molecule has 1 aliphatic carbocycles. The first-order valence-electron chi connectivity index (χ1n) is 3.97. The van der Waals surface area contributed by atoms with E-state index in [0.717, 1.165) is 18.6 Å². The highest BCUT2D eigenvalue weighted by Crippen LogP contribution is 2.37. The van der Waals surface area contributed by atoms with Crippen LogP contribution in [0.1, 0.15) is 25.7 Å². The fourth-order valence-electron chi connectivity index (χ4n) is 2.27. The molecule has 2 unspecified atom stereocenters. The maximum atomic E-state index is 3.92. The van der Waals surface area contributed by atoms with Gasteiger partial charge in [-0.3, -0.25) is 4.90 Å². The highest BCUT2D eigenvalue weighted by atomic mass is 15.2. The maximum absolute atomic E-state index is 3.92. The molecule has 0 spiro atoms. The van der Waals surface area contributed by atoms with Crippen LogP contribution in [0.5, 0.6) is 0 Å². The number of nitrogens with zero attached hydrogens (tertiary/aromatic N) is 1. The zero-order valence-electron chi connectivity index (χ0n) is 5.84. The average molecular weight is 124 g/mol. The first-order valence-corrected chi connectivity index (χ1v) is 3.97. The molecular weight excluding hydrogens is 110 g/mol. The molecule has 2 aliphatic heterocycles. The van der Waals surface area contributed by atoms with Crippen LogP contribution in [0.2, 0.25) is 0 Å². The van der Waals surface area contributed by atoms with Crippen LogP contribution in [0.15, 0.2) is 0 Å². The lowest BCUT2D eigenvalue weighted by molar-refractivity contribution is -0.0170. The van der Waals surface area contributed by atoms with E-state index >= 15 is 0 Å². The quantitative estimate of drug-likeness (QED) is 0.511. The van der Waals surface area contributed by atoms with Gasteiger partial charge >= 0.3 is 0 Å². The van der Waals surface area contributed by atoms with Crippen molar-refractivity contribution in [2.45, 2.75) is 37.8 Å². The van der Waals surface area contributed by atoms with E-state index in [1.807, 2.05) is 0 Å². The third kappa shape index (κ3) is 0.710. The van der Waals surface area contributed by atoms with Gasteiger partial charge in [0.15, 0.2) is 0 Å². The molecule has 3 rings (SSSR count). The second-order valence-corrected chi connectivity index (χ2v) is 3.21. The van der Waals surface area contributed by atoms with Crippen molar-refractivity contribution in [2.75, 3.05) is 6.54 Å². The molecule has 0 N–H and O–H groups in total. The van der Waals surface area contributed by atoms with Gasteiger partial charge in [-0.25, -0.2) is 0 Å². The summed E-state index contributed by atoms with van der Waals surface area (Å²) in [7, 11) is 0. The summed E-state index contributed by atoms with van der Waals surface area (Å²) in [4.78, 5) is 2.55. The number of hydrogen-bond acceptors (Lipinski definition) is 1. The van der Waals surface area contributed by atoms with Crippen LogP contribution in [0.3, 0.4) is 0 Å². The summed E-state index contributed by atoms with van der Waals surface area (Å²) in [6, 6.07) is 1.86.